The summed E-state index contributed by atoms with van der Waals surface area (Å²) in [5, 5.41) is 11.5. The molecule has 1 aliphatic rings. The molecule has 0 spiro atoms. The molecule has 1 saturated heterocycles. The molecule has 2 N–H and O–H groups in total. The number of nitrogens with zero attached hydrogens (tertiary/aromatic N) is 1. The number of carbonyl (C=O) groups is 3. The summed E-state index contributed by atoms with van der Waals surface area (Å²) in [4.78, 5) is 38.0. The van der Waals surface area contributed by atoms with Crippen molar-refractivity contribution < 1.29 is 24.2 Å². The number of amides is 2. The van der Waals surface area contributed by atoms with Crippen molar-refractivity contribution in [2.45, 2.75) is 45.2 Å². The first-order chi connectivity index (χ1) is 12.4. The van der Waals surface area contributed by atoms with E-state index in [-0.39, 0.29) is 12.3 Å². The predicted octanol–water partition coefficient (Wildman–Crippen LogP) is 1.97. The van der Waals surface area contributed by atoms with E-state index in [0.29, 0.717) is 12.3 Å². The van der Waals surface area contributed by atoms with Crippen molar-refractivity contribution in [2.24, 2.45) is 5.92 Å². The minimum absolute atomic E-state index is 0.0811. The highest BCUT2D eigenvalue weighted by molar-refractivity contribution is 5.92. The van der Waals surface area contributed by atoms with Crippen molar-refractivity contribution in [2.75, 3.05) is 13.7 Å². The van der Waals surface area contributed by atoms with Gasteiger partial charge in [-0.25, -0.2) is 0 Å². The molecule has 1 fully saturated rings. The van der Waals surface area contributed by atoms with E-state index in [2.05, 4.69) is 5.32 Å². The van der Waals surface area contributed by atoms with Gasteiger partial charge in [0.25, 0.3) is 0 Å². The number of carboxylic acid groups (broad SMARTS) is 1. The minimum Gasteiger partial charge on any atom is -0.497 e. The number of hydrogen-bond acceptors (Lipinski definition) is 4. The van der Waals surface area contributed by atoms with Crippen LogP contribution in [0.2, 0.25) is 0 Å². The quantitative estimate of drug-likeness (QED) is 0.737. The topological polar surface area (TPSA) is 95.9 Å². The van der Waals surface area contributed by atoms with E-state index in [1.807, 2.05) is 19.1 Å². The number of nitrogens with one attached hydrogen (secondary N) is 1. The molecule has 7 heteroatoms. The number of carbonyl (C=O) groups excluding carboxylic acids is 2. The average molecular weight is 362 g/mol. The Morgan fingerprint density at radius 1 is 1.35 bits per heavy atom. The molecular weight excluding hydrogens is 336 g/mol. The van der Waals surface area contributed by atoms with Crippen molar-refractivity contribution >= 4 is 17.8 Å². The summed E-state index contributed by atoms with van der Waals surface area (Å²) in [6.07, 6.45) is 1.86. The summed E-state index contributed by atoms with van der Waals surface area (Å²) in [5.41, 5.74) is 0.843. The smallest absolute Gasteiger partial charge is 0.325 e. The number of methoxy groups -OCH3 is 1. The first kappa shape index (κ1) is 19.8. The lowest BCUT2D eigenvalue weighted by Gasteiger charge is -2.28. The van der Waals surface area contributed by atoms with Crippen molar-refractivity contribution in [3.8, 4) is 5.75 Å². The predicted molar refractivity (Wildman–Crippen MR) is 95.7 cm³/mol. The van der Waals surface area contributed by atoms with Crippen molar-refractivity contribution in [1.82, 2.24) is 10.2 Å². The van der Waals surface area contributed by atoms with Gasteiger partial charge in [0.05, 0.1) is 19.1 Å². The number of benzene rings is 1. The summed E-state index contributed by atoms with van der Waals surface area (Å²) < 4.78 is 5.17. The Bertz CT molecular complexity index is 658. The zero-order chi connectivity index (χ0) is 19.3. The van der Waals surface area contributed by atoms with Gasteiger partial charge in [-0.2, -0.15) is 0 Å². The standard InChI is InChI=1S/C19H26N2O5/c1-4-5-10-21-16(22)11-15(18(23)20-12(2)19(24)25)17(21)13-6-8-14(26-3)9-7-13/h6-9,12,15,17H,4-5,10-11H2,1-3H3,(H,20,23)(H,24,25)/t12-,15?,17?/m0/s1. The second kappa shape index (κ2) is 8.69. The monoisotopic (exact) mass is 362 g/mol. The Kier molecular flexibility index (Phi) is 6.60. The first-order valence-corrected chi connectivity index (χ1v) is 8.85. The van der Waals surface area contributed by atoms with Gasteiger partial charge in [-0.3, -0.25) is 14.4 Å². The van der Waals surface area contributed by atoms with Crippen molar-refractivity contribution in [3.05, 3.63) is 29.8 Å². The second-order valence-electron chi connectivity index (χ2n) is 6.54. The molecule has 1 aromatic carbocycles. The van der Waals surface area contributed by atoms with E-state index < -0.39 is 29.9 Å². The minimum atomic E-state index is -1.11. The first-order valence-electron chi connectivity index (χ1n) is 8.85. The third kappa shape index (κ3) is 4.33. The maximum Gasteiger partial charge on any atom is 0.325 e. The number of likely N-dealkylation sites (tertiary alicyclic amines) is 1. The van der Waals surface area contributed by atoms with Crippen LogP contribution in [0.15, 0.2) is 24.3 Å². The van der Waals surface area contributed by atoms with Gasteiger partial charge in [-0.05, 0) is 31.0 Å². The molecule has 0 radical (unpaired) electrons. The van der Waals surface area contributed by atoms with Crippen molar-refractivity contribution in [1.29, 1.82) is 0 Å². The molecule has 1 aliphatic heterocycles. The molecule has 0 saturated carbocycles. The van der Waals surface area contributed by atoms with Gasteiger partial charge in [-0.15, -0.1) is 0 Å². The summed E-state index contributed by atoms with van der Waals surface area (Å²) in [6, 6.07) is 5.89. The van der Waals surface area contributed by atoms with E-state index in [1.165, 1.54) is 6.92 Å². The zero-order valence-corrected chi connectivity index (χ0v) is 15.4. The lowest BCUT2D eigenvalue weighted by atomic mass is 9.92. The fourth-order valence-corrected chi connectivity index (χ4v) is 3.21. The third-order valence-corrected chi connectivity index (χ3v) is 4.71. The lowest BCUT2D eigenvalue weighted by molar-refractivity contribution is -0.142. The Hall–Kier alpha value is -2.57. The number of carboxylic acids is 1. The van der Waals surface area contributed by atoms with Gasteiger partial charge in [0, 0.05) is 13.0 Å². The van der Waals surface area contributed by atoms with Crippen LogP contribution < -0.4 is 10.1 Å². The summed E-state index contributed by atoms with van der Waals surface area (Å²) in [7, 11) is 1.57. The number of aliphatic carboxylic acids is 1. The van der Waals surface area contributed by atoms with Crippen LogP contribution in [0.1, 0.15) is 44.7 Å². The number of ether oxygens (including phenoxy) is 1. The third-order valence-electron chi connectivity index (χ3n) is 4.71. The molecule has 2 unspecified atom stereocenters. The lowest BCUT2D eigenvalue weighted by Crippen LogP contribution is -2.43. The summed E-state index contributed by atoms with van der Waals surface area (Å²) in [5.74, 6) is -1.52. The van der Waals surface area contributed by atoms with Gasteiger partial charge >= 0.3 is 5.97 Å². The molecular formula is C19H26N2O5. The molecule has 26 heavy (non-hydrogen) atoms. The van der Waals surface area contributed by atoms with E-state index >= 15 is 0 Å². The van der Waals surface area contributed by atoms with Crippen LogP contribution in [0, 0.1) is 5.92 Å². The molecule has 0 aliphatic carbocycles. The molecule has 2 rings (SSSR count). The number of unbranched alkanes of at least 4 members (excludes halogenated alkanes) is 1. The molecule has 1 aromatic rings. The van der Waals surface area contributed by atoms with Crippen LogP contribution in [-0.2, 0) is 14.4 Å². The van der Waals surface area contributed by atoms with Crippen LogP contribution >= 0.6 is 0 Å². The highest BCUT2D eigenvalue weighted by atomic mass is 16.5. The van der Waals surface area contributed by atoms with E-state index in [0.717, 1.165) is 18.4 Å². The maximum atomic E-state index is 12.7. The molecule has 0 aromatic heterocycles. The normalized spacial score (nSPS) is 20.7. The molecule has 0 bridgehead atoms. The van der Waals surface area contributed by atoms with Gasteiger partial charge < -0.3 is 20.1 Å². The fourth-order valence-electron chi connectivity index (χ4n) is 3.21. The highest BCUT2D eigenvalue weighted by Crippen LogP contribution is 2.39. The van der Waals surface area contributed by atoms with E-state index in [9.17, 15) is 14.4 Å². The summed E-state index contributed by atoms with van der Waals surface area (Å²) in [6.45, 7) is 4.03. The van der Waals surface area contributed by atoms with Crippen LogP contribution in [0.25, 0.3) is 0 Å². The van der Waals surface area contributed by atoms with Crippen LogP contribution in [0.4, 0.5) is 0 Å². The average Bonchev–Trinajstić information content (AvgIpc) is 2.96. The van der Waals surface area contributed by atoms with Gasteiger partial charge in [-0.1, -0.05) is 25.5 Å². The Morgan fingerprint density at radius 2 is 2.00 bits per heavy atom. The van der Waals surface area contributed by atoms with Gasteiger partial charge in [0.15, 0.2) is 0 Å². The van der Waals surface area contributed by atoms with E-state index in [1.54, 1.807) is 24.1 Å². The van der Waals surface area contributed by atoms with Crippen molar-refractivity contribution in [3.63, 3.8) is 0 Å². The second-order valence-corrected chi connectivity index (χ2v) is 6.54. The van der Waals surface area contributed by atoms with Gasteiger partial charge in [0.1, 0.15) is 11.8 Å². The maximum absolute atomic E-state index is 12.7. The van der Waals surface area contributed by atoms with Gasteiger partial charge in [0.2, 0.25) is 11.8 Å². The Labute approximate surface area is 153 Å². The number of hydrogen-bond donors (Lipinski definition) is 2. The molecule has 3 atom stereocenters. The van der Waals surface area contributed by atoms with Crippen LogP contribution in [0.3, 0.4) is 0 Å². The highest BCUT2D eigenvalue weighted by Gasteiger charge is 2.44. The van der Waals surface area contributed by atoms with E-state index in [4.69, 9.17) is 9.84 Å². The fraction of sp³-hybridized carbons (Fsp3) is 0.526. The number of rotatable bonds is 8. The zero-order valence-electron chi connectivity index (χ0n) is 15.4. The molecule has 142 valence electrons. The molecule has 1 heterocycles. The van der Waals surface area contributed by atoms with Crippen LogP contribution in [0.5, 0.6) is 5.75 Å². The SMILES string of the molecule is CCCCN1C(=O)CC(C(=O)N[C@@H](C)C(=O)O)C1c1ccc(OC)cc1. The molecule has 7 nitrogen and oxygen atoms in total. The Morgan fingerprint density at radius 3 is 2.54 bits per heavy atom. The summed E-state index contributed by atoms with van der Waals surface area (Å²) >= 11 is 0. The molecule has 2 amide bonds. The largest absolute Gasteiger partial charge is 0.497 e. The Balaban J connectivity index is 2.30. The van der Waals surface area contributed by atoms with Crippen LogP contribution in [-0.4, -0.2) is 47.5 Å².